The Labute approximate surface area is 110 Å². The van der Waals surface area contributed by atoms with E-state index < -0.39 is 6.11 Å². The normalized spacial score (nSPS) is 11.2. The lowest BCUT2D eigenvalue weighted by atomic mass is 10.1. The topological polar surface area (TPSA) is 18.5 Å². The van der Waals surface area contributed by atoms with Gasteiger partial charge in [-0.15, -0.1) is 0 Å². The zero-order valence-corrected chi connectivity index (χ0v) is 10.7. The smallest absolute Gasteiger partial charge is 0.426 e. The molecule has 0 saturated heterocycles. The lowest BCUT2D eigenvalue weighted by Crippen LogP contribution is -2.21. The average molecular weight is 264 g/mol. The van der Waals surface area contributed by atoms with Crippen LogP contribution in [0.5, 0.6) is 11.5 Å². The number of rotatable bonds is 4. The van der Waals surface area contributed by atoms with E-state index in [1.807, 2.05) is 6.92 Å². The summed E-state index contributed by atoms with van der Waals surface area (Å²) in [4.78, 5) is 0. The Morgan fingerprint density at radius 3 is 1.89 bits per heavy atom. The molecule has 2 nitrogen and oxygen atoms in total. The van der Waals surface area contributed by atoms with E-state index in [1.165, 1.54) is 31.4 Å². The van der Waals surface area contributed by atoms with E-state index in [2.05, 4.69) is 0 Å². The predicted molar refractivity (Wildman–Crippen MR) is 68.7 cm³/mol. The van der Waals surface area contributed by atoms with Gasteiger partial charge in [-0.3, -0.25) is 0 Å². The predicted octanol–water partition coefficient (Wildman–Crippen LogP) is 4.13. The van der Waals surface area contributed by atoms with Crippen molar-refractivity contribution in [2.45, 2.75) is 13.0 Å². The Bertz CT molecular complexity index is 533. The minimum absolute atomic E-state index is 0.0892. The lowest BCUT2D eigenvalue weighted by Gasteiger charge is -2.18. The van der Waals surface area contributed by atoms with Crippen LogP contribution in [0.4, 0.5) is 8.78 Å². The lowest BCUT2D eigenvalue weighted by molar-refractivity contribution is -0.185. The first-order valence-electron chi connectivity index (χ1n) is 5.79. The molecule has 0 spiro atoms. The van der Waals surface area contributed by atoms with Crippen molar-refractivity contribution in [3.05, 3.63) is 59.7 Å². The largest absolute Gasteiger partial charge is 0.497 e. The van der Waals surface area contributed by atoms with Crippen molar-refractivity contribution in [3.63, 3.8) is 0 Å². The standard InChI is InChI=1S/C15H14F2O2/c1-11-3-5-12(6-4-11)15(16,17)19-14-9-7-13(18-2)8-10-14/h3-10H,1-2H3. The maximum atomic E-state index is 13.9. The molecule has 0 aliphatic rings. The minimum atomic E-state index is -3.36. The molecule has 0 aromatic heterocycles. The molecule has 0 atom stereocenters. The fourth-order valence-electron chi connectivity index (χ4n) is 1.60. The summed E-state index contributed by atoms with van der Waals surface area (Å²) in [6, 6.07) is 12.0. The van der Waals surface area contributed by atoms with Crippen molar-refractivity contribution in [3.8, 4) is 11.5 Å². The van der Waals surface area contributed by atoms with E-state index in [9.17, 15) is 8.78 Å². The third kappa shape index (κ3) is 3.22. The van der Waals surface area contributed by atoms with Crippen LogP contribution in [-0.4, -0.2) is 7.11 Å². The highest BCUT2D eigenvalue weighted by Gasteiger charge is 2.34. The molecule has 0 unspecified atom stereocenters. The van der Waals surface area contributed by atoms with E-state index in [-0.39, 0.29) is 11.3 Å². The summed E-state index contributed by atoms with van der Waals surface area (Å²) in [5.41, 5.74) is 0.748. The monoisotopic (exact) mass is 264 g/mol. The molecule has 2 rings (SSSR count). The fourth-order valence-corrected chi connectivity index (χ4v) is 1.60. The Hall–Kier alpha value is -2.10. The molecular formula is C15H14F2O2. The molecule has 2 aromatic carbocycles. The van der Waals surface area contributed by atoms with Gasteiger partial charge >= 0.3 is 6.11 Å². The number of halogens is 2. The highest BCUT2D eigenvalue weighted by Crippen LogP contribution is 2.32. The molecule has 0 fully saturated rings. The van der Waals surface area contributed by atoms with Crippen molar-refractivity contribution in [1.82, 2.24) is 0 Å². The van der Waals surface area contributed by atoms with Gasteiger partial charge in [-0.2, -0.15) is 8.78 Å². The highest BCUT2D eigenvalue weighted by atomic mass is 19.3. The summed E-state index contributed by atoms with van der Waals surface area (Å²) >= 11 is 0. The van der Waals surface area contributed by atoms with Gasteiger partial charge in [0.15, 0.2) is 0 Å². The van der Waals surface area contributed by atoms with Crippen molar-refractivity contribution >= 4 is 0 Å². The second kappa shape index (κ2) is 5.26. The van der Waals surface area contributed by atoms with Crippen LogP contribution in [0.1, 0.15) is 11.1 Å². The van der Waals surface area contributed by atoms with Gasteiger partial charge in [-0.1, -0.05) is 17.7 Å². The molecule has 0 bridgehead atoms. The first-order valence-corrected chi connectivity index (χ1v) is 5.79. The summed E-state index contributed by atoms with van der Waals surface area (Å²) in [6.45, 7) is 1.84. The van der Waals surface area contributed by atoms with Crippen molar-refractivity contribution in [1.29, 1.82) is 0 Å². The van der Waals surface area contributed by atoms with Crippen LogP contribution < -0.4 is 9.47 Å². The molecule has 0 saturated carbocycles. The van der Waals surface area contributed by atoms with E-state index in [1.54, 1.807) is 24.3 Å². The second-order valence-corrected chi connectivity index (χ2v) is 4.16. The average Bonchev–Trinajstić information content (AvgIpc) is 2.40. The molecule has 0 heterocycles. The van der Waals surface area contributed by atoms with Crippen LogP contribution in [0.15, 0.2) is 48.5 Å². The second-order valence-electron chi connectivity index (χ2n) is 4.16. The Morgan fingerprint density at radius 1 is 0.842 bits per heavy atom. The molecular weight excluding hydrogens is 250 g/mol. The maximum absolute atomic E-state index is 13.9. The number of ether oxygens (including phenoxy) is 2. The van der Waals surface area contributed by atoms with Gasteiger partial charge in [0.05, 0.1) is 12.7 Å². The molecule has 2 aromatic rings. The summed E-state index contributed by atoms with van der Waals surface area (Å²) < 4.78 is 37.5. The number of benzene rings is 2. The van der Waals surface area contributed by atoms with Crippen LogP contribution in [0.25, 0.3) is 0 Å². The van der Waals surface area contributed by atoms with Gasteiger partial charge in [-0.05, 0) is 43.3 Å². The number of hydrogen-bond acceptors (Lipinski definition) is 2. The fraction of sp³-hybridized carbons (Fsp3) is 0.200. The Balaban J connectivity index is 2.17. The van der Waals surface area contributed by atoms with Crippen molar-refractivity contribution in [2.24, 2.45) is 0 Å². The van der Waals surface area contributed by atoms with Gasteiger partial charge < -0.3 is 9.47 Å². The van der Waals surface area contributed by atoms with Gasteiger partial charge in [0, 0.05) is 0 Å². The third-order valence-electron chi connectivity index (χ3n) is 2.69. The SMILES string of the molecule is COc1ccc(OC(F)(F)c2ccc(C)cc2)cc1. The molecule has 100 valence electrons. The number of hydrogen-bond donors (Lipinski definition) is 0. The van der Waals surface area contributed by atoms with Crippen LogP contribution in [0.2, 0.25) is 0 Å². The quantitative estimate of drug-likeness (QED) is 0.826. The van der Waals surface area contributed by atoms with Crippen molar-refractivity contribution in [2.75, 3.05) is 7.11 Å². The highest BCUT2D eigenvalue weighted by molar-refractivity contribution is 5.32. The van der Waals surface area contributed by atoms with Gasteiger partial charge in [0.2, 0.25) is 0 Å². The third-order valence-corrected chi connectivity index (χ3v) is 2.69. The Kier molecular flexibility index (Phi) is 3.69. The van der Waals surface area contributed by atoms with E-state index in [0.717, 1.165) is 5.56 Å². The molecule has 0 radical (unpaired) electrons. The summed E-state index contributed by atoms with van der Waals surface area (Å²) in [7, 11) is 1.51. The van der Waals surface area contributed by atoms with Crippen molar-refractivity contribution < 1.29 is 18.3 Å². The molecule has 0 aliphatic carbocycles. The number of aryl methyl sites for hydroxylation is 1. The van der Waals surface area contributed by atoms with E-state index >= 15 is 0 Å². The van der Waals surface area contributed by atoms with E-state index in [4.69, 9.17) is 9.47 Å². The first kappa shape index (κ1) is 13.3. The number of methoxy groups -OCH3 is 1. The molecule has 4 heteroatoms. The van der Waals surface area contributed by atoms with Crippen LogP contribution in [-0.2, 0) is 6.11 Å². The van der Waals surface area contributed by atoms with Gasteiger partial charge in [-0.25, -0.2) is 0 Å². The summed E-state index contributed by atoms with van der Waals surface area (Å²) in [5.74, 6) is 0.678. The number of alkyl halides is 2. The summed E-state index contributed by atoms with van der Waals surface area (Å²) in [6.07, 6.45) is -3.36. The summed E-state index contributed by atoms with van der Waals surface area (Å²) in [5, 5.41) is 0. The van der Waals surface area contributed by atoms with Crippen LogP contribution in [0, 0.1) is 6.92 Å². The Morgan fingerprint density at radius 2 is 1.37 bits per heavy atom. The zero-order chi connectivity index (χ0) is 13.9. The van der Waals surface area contributed by atoms with E-state index in [0.29, 0.717) is 5.75 Å². The first-order chi connectivity index (χ1) is 9.01. The van der Waals surface area contributed by atoms with Crippen LogP contribution in [0.3, 0.4) is 0 Å². The molecule has 0 amide bonds. The maximum Gasteiger partial charge on any atom is 0.426 e. The minimum Gasteiger partial charge on any atom is -0.497 e. The van der Waals surface area contributed by atoms with Gasteiger partial charge in [0.1, 0.15) is 11.5 Å². The molecule has 19 heavy (non-hydrogen) atoms. The molecule has 0 N–H and O–H groups in total. The van der Waals surface area contributed by atoms with Crippen LogP contribution >= 0.6 is 0 Å². The molecule has 0 aliphatic heterocycles. The zero-order valence-electron chi connectivity index (χ0n) is 10.7. The van der Waals surface area contributed by atoms with Gasteiger partial charge in [0.25, 0.3) is 0 Å².